The molecule has 3 aromatic rings. The van der Waals surface area contributed by atoms with Gasteiger partial charge in [-0.1, -0.05) is 17.7 Å². The Kier molecular flexibility index (Phi) is 3.65. The molecule has 0 atom stereocenters. The van der Waals surface area contributed by atoms with Gasteiger partial charge in [0.15, 0.2) is 0 Å². The lowest BCUT2D eigenvalue weighted by Gasteiger charge is -2.03. The zero-order valence-electron chi connectivity index (χ0n) is 11.7. The van der Waals surface area contributed by atoms with Crippen LogP contribution in [0.25, 0.3) is 22.6 Å². The molecule has 0 aliphatic heterocycles. The lowest BCUT2D eigenvalue weighted by molar-refractivity contribution is -0.384. The van der Waals surface area contributed by atoms with E-state index in [9.17, 15) is 10.1 Å². The van der Waals surface area contributed by atoms with Crippen molar-refractivity contribution in [1.82, 2.24) is 9.97 Å². The molecule has 0 bridgehead atoms. The molecule has 2 aromatic carbocycles. The molecule has 22 heavy (non-hydrogen) atoms. The van der Waals surface area contributed by atoms with E-state index in [0.717, 1.165) is 22.4 Å². The van der Waals surface area contributed by atoms with Crippen LogP contribution in [0.15, 0.2) is 48.7 Å². The minimum Gasteiger partial charge on any atom is -0.338 e. The molecule has 0 amide bonds. The first-order valence-electron chi connectivity index (χ1n) is 6.61. The Bertz CT molecular complexity index is 841. The molecular formula is C16H12ClN3O2. The number of aromatic nitrogens is 2. The van der Waals surface area contributed by atoms with E-state index in [1.807, 2.05) is 25.1 Å². The average Bonchev–Trinajstić information content (AvgIpc) is 2.97. The van der Waals surface area contributed by atoms with Gasteiger partial charge in [0.05, 0.1) is 16.8 Å². The molecule has 0 unspecified atom stereocenters. The molecule has 0 spiro atoms. The quantitative estimate of drug-likeness (QED) is 0.566. The number of nitrogens with one attached hydrogen (secondary N) is 1. The number of non-ortho nitro benzene ring substituents is 1. The standard InChI is InChI=1S/C16H12ClN3O2/c1-10-8-12(17)4-7-14(10)15-9-18-16(19-15)11-2-5-13(6-3-11)20(21)22/h2-9H,1H3,(H,18,19). The molecule has 6 heteroatoms. The molecule has 0 aliphatic rings. The maximum Gasteiger partial charge on any atom is 0.269 e. The van der Waals surface area contributed by atoms with Crippen molar-refractivity contribution in [2.75, 3.05) is 0 Å². The van der Waals surface area contributed by atoms with Gasteiger partial charge in [-0.25, -0.2) is 4.98 Å². The van der Waals surface area contributed by atoms with Crippen LogP contribution in [0.1, 0.15) is 5.56 Å². The van der Waals surface area contributed by atoms with Crippen molar-refractivity contribution in [2.45, 2.75) is 6.92 Å². The summed E-state index contributed by atoms with van der Waals surface area (Å²) in [7, 11) is 0. The van der Waals surface area contributed by atoms with Crippen LogP contribution < -0.4 is 0 Å². The number of imidazole rings is 1. The molecule has 0 saturated heterocycles. The fourth-order valence-electron chi connectivity index (χ4n) is 2.28. The number of halogens is 1. The molecule has 3 rings (SSSR count). The van der Waals surface area contributed by atoms with Gasteiger partial charge in [-0.2, -0.15) is 0 Å². The lowest BCUT2D eigenvalue weighted by Crippen LogP contribution is -1.88. The summed E-state index contributed by atoms with van der Waals surface area (Å²) in [4.78, 5) is 17.8. The first-order valence-corrected chi connectivity index (χ1v) is 6.99. The highest BCUT2D eigenvalue weighted by molar-refractivity contribution is 6.30. The fourth-order valence-corrected chi connectivity index (χ4v) is 2.50. The van der Waals surface area contributed by atoms with Crippen LogP contribution in [0.5, 0.6) is 0 Å². The number of aryl methyl sites for hydroxylation is 1. The zero-order chi connectivity index (χ0) is 15.7. The summed E-state index contributed by atoms with van der Waals surface area (Å²) < 4.78 is 0. The van der Waals surface area contributed by atoms with Crippen LogP contribution >= 0.6 is 11.6 Å². The van der Waals surface area contributed by atoms with Crippen molar-refractivity contribution in [1.29, 1.82) is 0 Å². The monoisotopic (exact) mass is 313 g/mol. The van der Waals surface area contributed by atoms with Gasteiger partial charge < -0.3 is 4.98 Å². The normalized spacial score (nSPS) is 10.6. The summed E-state index contributed by atoms with van der Waals surface area (Å²) in [5.74, 6) is 0.666. The number of nitro groups is 1. The van der Waals surface area contributed by atoms with Crippen molar-refractivity contribution in [3.05, 3.63) is 69.4 Å². The molecular weight excluding hydrogens is 302 g/mol. The topological polar surface area (TPSA) is 71.8 Å². The Balaban J connectivity index is 1.95. The Morgan fingerprint density at radius 1 is 1.18 bits per heavy atom. The van der Waals surface area contributed by atoms with Crippen LogP contribution in [-0.4, -0.2) is 14.9 Å². The van der Waals surface area contributed by atoms with Gasteiger partial charge in [0.2, 0.25) is 0 Å². The Morgan fingerprint density at radius 2 is 1.91 bits per heavy atom. The van der Waals surface area contributed by atoms with Gasteiger partial charge in [0, 0.05) is 28.3 Å². The van der Waals surface area contributed by atoms with E-state index >= 15 is 0 Å². The molecule has 110 valence electrons. The number of benzene rings is 2. The van der Waals surface area contributed by atoms with E-state index in [4.69, 9.17) is 11.6 Å². The molecule has 0 radical (unpaired) electrons. The Hall–Kier alpha value is -2.66. The third kappa shape index (κ3) is 2.71. The SMILES string of the molecule is Cc1cc(Cl)ccc1-c1cnc(-c2ccc([N+](=O)[O-])cc2)[nH]1. The highest BCUT2D eigenvalue weighted by Crippen LogP contribution is 2.27. The summed E-state index contributed by atoms with van der Waals surface area (Å²) in [5, 5.41) is 11.4. The minimum atomic E-state index is -0.422. The third-order valence-electron chi connectivity index (χ3n) is 3.41. The molecule has 1 heterocycles. The first kappa shape index (κ1) is 14.3. The van der Waals surface area contributed by atoms with Gasteiger partial charge in [-0.3, -0.25) is 10.1 Å². The van der Waals surface area contributed by atoms with Crippen LogP contribution in [0, 0.1) is 17.0 Å². The predicted octanol–water partition coefficient (Wildman–Crippen LogP) is 4.61. The third-order valence-corrected chi connectivity index (χ3v) is 3.64. The number of H-pyrrole nitrogens is 1. The summed E-state index contributed by atoms with van der Waals surface area (Å²) in [6.45, 7) is 1.98. The van der Waals surface area contributed by atoms with Crippen molar-refractivity contribution >= 4 is 17.3 Å². The van der Waals surface area contributed by atoms with Gasteiger partial charge in [-0.15, -0.1) is 0 Å². The highest BCUT2D eigenvalue weighted by Gasteiger charge is 2.10. The van der Waals surface area contributed by atoms with Gasteiger partial charge in [0.1, 0.15) is 5.82 Å². The van der Waals surface area contributed by atoms with E-state index in [2.05, 4.69) is 9.97 Å². The van der Waals surface area contributed by atoms with Crippen molar-refractivity contribution in [2.24, 2.45) is 0 Å². The smallest absolute Gasteiger partial charge is 0.269 e. The second-order valence-electron chi connectivity index (χ2n) is 4.91. The van der Waals surface area contributed by atoms with E-state index in [0.29, 0.717) is 10.8 Å². The zero-order valence-corrected chi connectivity index (χ0v) is 12.5. The molecule has 0 saturated carbocycles. The van der Waals surface area contributed by atoms with E-state index in [1.54, 1.807) is 18.3 Å². The maximum absolute atomic E-state index is 10.7. The minimum absolute atomic E-state index is 0.0593. The summed E-state index contributed by atoms with van der Waals surface area (Å²) in [5.41, 5.74) is 3.80. The lowest BCUT2D eigenvalue weighted by atomic mass is 10.1. The van der Waals surface area contributed by atoms with E-state index < -0.39 is 4.92 Å². The van der Waals surface area contributed by atoms with Crippen molar-refractivity contribution in [3.63, 3.8) is 0 Å². The number of hydrogen-bond acceptors (Lipinski definition) is 3. The van der Waals surface area contributed by atoms with Crippen molar-refractivity contribution in [3.8, 4) is 22.6 Å². The van der Waals surface area contributed by atoms with Crippen molar-refractivity contribution < 1.29 is 4.92 Å². The van der Waals surface area contributed by atoms with Crippen LogP contribution in [-0.2, 0) is 0 Å². The predicted molar refractivity (Wildman–Crippen MR) is 85.9 cm³/mol. The second kappa shape index (κ2) is 5.61. The van der Waals surface area contributed by atoms with E-state index in [-0.39, 0.29) is 5.69 Å². The van der Waals surface area contributed by atoms with E-state index in [1.165, 1.54) is 12.1 Å². The van der Waals surface area contributed by atoms with Gasteiger partial charge >= 0.3 is 0 Å². The molecule has 5 nitrogen and oxygen atoms in total. The number of nitrogens with zero attached hydrogens (tertiary/aromatic N) is 2. The second-order valence-corrected chi connectivity index (χ2v) is 5.35. The summed E-state index contributed by atoms with van der Waals surface area (Å²) in [6, 6.07) is 11.9. The fraction of sp³-hybridized carbons (Fsp3) is 0.0625. The molecule has 1 N–H and O–H groups in total. The Labute approximate surface area is 131 Å². The summed E-state index contributed by atoms with van der Waals surface area (Å²) in [6.07, 6.45) is 1.74. The van der Waals surface area contributed by atoms with Crippen LogP contribution in [0.2, 0.25) is 5.02 Å². The molecule has 0 fully saturated rings. The first-order chi connectivity index (χ1) is 10.5. The largest absolute Gasteiger partial charge is 0.338 e. The van der Waals surface area contributed by atoms with Crippen LogP contribution in [0.4, 0.5) is 5.69 Å². The number of hydrogen-bond donors (Lipinski definition) is 1. The molecule has 0 aliphatic carbocycles. The molecule has 1 aromatic heterocycles. The average molecular weight is 314 g/mol. The van der Waals surface area contributed by atoms with Gasteiger partial charge in [0.25, 0.3) is 5.69 Å². The number of nitro benzene ring substituents is 1. The van der Waals surface area contributed by atoms with Gasteiger partial charge in [-0.05, 0) is 36.8 Å². The maximum atomic E-state index is 10.7. The highest BCUT2D eigenvalue weighted by atomic mass is 35.5. The summed E-state index contributed by atoms with van der Waals surface area (Å²) >= 11 is 5.97. The number of rotatable bonds is 3. The Morgan fingerprint density at radius 3 is 2.55 bits per heavy atom. The number of aromatic amines is 1. The van der Waals surface area contributed by atoms with Crippen LogP contribution in [0.3, 0.4) is 0 Å².